The number of nitrogens with zero attached hydrogens (tertiary/aromatic N) is 1. The molecule has 0 saturated carbocycles. The number of carbonyl (C=O) groups is 3. The van der Waals surface area contributed by atoms with Crippen LogP contribution in [0.25, 0.3) is 0 Å². The highest BCUT2D eigenvalue weighted by atomic mass is 19.1. The standard InChI is InChI=1S/C21H15F3N4O4/c22-12-3-1-11(2-4-12)7-19(29)28-21(31)27-16-9-15(24)18(10-14(16)23)32-13-5-6-26-17(8-13)20(25)30/h1-6,8-10H,7H2,(H2,25,30)(H2,27,28,29,31). The molecular weight excluding hydrogens is 429 g/mol. The molecule has 3 aromatic rings. The molecule has 0 aliphatic carbocycles. The van der Waals surface area contributed by atoms with Crippen LogP contribution in [0.15, 0.2) is 54.7 Å². The van der Waals surface area contributed by atoms with Crippen molar-refractivity contribution >= 4 is 23.5 Å². The quantitative estimate of drug-likeness (QED) is 0.538. The summed E-state index contributed by atoms with van der Waals surface area (Å²) in [5.74, 6) is -4.67. The van der Waals surface area contributed by atoms with Gasteiger partial charge in [-0.05, 0) is 23.8 Å². The van der Waals surface area contributed by atoms with Crippen LogP contribution < -0.4 is 21.1 Å². The Bertz CT molecular complexity index is 1190. The largest absolute Gasteiger partial charge is 0.454 e. The highest BCUT2D eigenvalue weighted by molar-refractivity contribution is 6.01. The molecule has 1 aromatic heterocycles. The maximum Gasteiger partial charge on any atom is 0.325 e. The van der Waals surface area contributed by atoms with Crippen LogP contribution in [0.4, 0.5) is 23.7 Å². The Kier molecular flexibility index (Phi) is 6.68. The number of urea groups is 1. The molecule has 11 heteroatoms. The van der Waals surface area contributed by atoms with E-state index in [0.29, 0.717) is 17.7 Å². The maximum absolute atomic E-state index is 14.3. The predicted molar refractivity (Wildman–Crippen MR) is 106 cm³/mol. The van der Waals surface area contributed by atoms with Crippen molar-refractivity contribution in [2.45, 2.75) is 6.42 Å². The number of anilines is 1. The van der Waals surface area contributed by atoms with E-state index in [1.165, 1.54) is 24.4 Å². The van der Waals surface area contributed by atoms with Crippen molar-refractivity contribution in [2.75, 3.05) is 5.32 Å². The number of benzene rings is 2. The van der Waals surface area contributed by atoms with Gasteiger partial charge in [-0.3, -0.25) is 19.9 Å². The lowest BCUT2D eigenvalue weighted by Crippen LogP contribution is -2.35. The first kappa shape index (κ1) is 22.3. The molecule has 0 saturated heterocycles. The minimum atomic E-state index is -1.09. The third kappa shape index (κ3) is 5.81. The molecule has 164 valence electrons. The lowest BCUT2D eigenvalue weighted by atomic mass is 10.1. The first-order valence-corrected chi connectivity index (χ1v) is 8.99. The number of pyridine rings is 1. The smallest absolute Gasteiger partial charge is 0.325 e. The van der Waals surface area contributed by atoms with Gasteiger partial charge in [0.05, 0.1) is 12.1 Å². The van der Waals surface area contributed by atoms with E-state index < -0.39 is 46.7 Å². The fraction of sp³-hybridized carbons (Fsp3) is 0.0476. The van der Waals surface area contributed by atoms with E-state index in [9.17, 15) is 27.6 Å². The van der Waals surface area contributed by atoms with Gasteiger partial charge in [-0.2, -0.15) is 0 Å². The van der Waals surface area contributed by atoms with Crippen molar-refractivity contribution in [3.63, 3.8) is 0 Å². The maximum atomic E-state index is 14.3. The van der Waals surface area contributed by atoms with Crippen LogP contribution in [0.1, 0.15) is 16.1 Å². The summed E-state index contributed by atoms with van der Waals surface area (Å²) >= 11 is 0. The van der Waals surface area contributed by atoms with Crippen LogP contribution in [-0.4, -0.2) is 22.8 Å². The van der Waals surface area contributed by atoms with Crippen molar-refractivity contribution in [3.05, 3.63) is 83.4 Å². The van der Waals surface area contributed by atoms with Crippen LogP contribution in [-0.2, 0) is 11.2 Å². The summed E-state index contributed by atoms with van der Waals surface area (Å²) in [6.45, 7) is 0. The second-order valence-corrected chi connectivity index (χ2v) is 6.41. The molecule has 0 unspecified atom stereocenters. The Morgan fingerprint density at radius 3 is 2.38 bits per heavy atom. The van der Waals surface area contributed by atoms with Crippen molar-refractivity contribution < 1.29 is 32.3 Å². The number of carbonyl (C=O) groups excluding carboxylic acids is 3. The predicted octanol–water partition coefficient (Wildman–Crippen LogP) is 3.28. The number of imide groups is 1. The lowest BCUT2D eigenvalue weighted by Gasteiger charge is -2.11. The van der Waals surface area contributed by atoms with E-state index in [1.54, 1.807) is 0 Å². The molecule has 1 heterocycles. The van der Waals surface area contributed by atoms with Gasteiger partial charge >= 0.3 is 6.03 Å². The van der Waals surface area contributed by atoms with E-state index in [-0.39, 0.29) is 17.9 Å². The molecule has 8 nitrogen and oxygen atoms in total. The second kappa shape index (κ2) is 9.60. The van der Waals surface area contributed by atoms with Gasteiger partial charge < -0.3 is 15.8 Å². The Morgan fingerprint density at radius 1 is 0.969 bits per heavy atom. The van der Waals surface area contributed by atoms with Crippen molar-refractivity contribution in [1.29, 1.82) is 0 Å². The average Bonchev–Trinajstić information content (AvgIpc) is 2.73. The molecule has 0 aliphatic rings. The zero-order valence-electron chi connectivity index (χ0n) is 16.2. The van der Waals surface area contributed by atoms with Crippen LogP contribution in [0.2, 0.25) is 0 Å². The SMILES string of the molecule is NC(=O)c1cc(Oc2cc(F)c(NC(=O)NC(=O)Cc3ccc(F)cc3)cc2F)ccn1. The number of nitrogens with two attached hydrogens (primary N) is 1. The van der Waals surface area contributed by atoms with Gasteiger partial charge in [0.2, 0.25) is 5.91 Å². The van der Waals surface area contributed by atoms with Gasteiger partial charge in [0.1, 0.15) is 17.3 Å². The third-order valence-electron chi connectivity index (χ3n) is 4.01. The molecule has 2 aromatic carbocycles. The number of ether oxygens (including phenoxy) is 1. The molecular formula is C21H15F3N4O4. The van der Waals surface area contributed by atoms with Gasteiger partial charge in [-0.15, -0.1) is 0 Å². The number of nitrogens with one attached hydrogen (secondary N) is 2. The number of primary amides is 1. The Balaban J connectivity index is 1.64. The third-order valence-corrected chi connectivity index (χ3v) is 4.01. The van der Waals surface area contributed by atoms with E-state index in [1.807, 2.05) is 10.6 Å². The number of halogens is 3. The highest BCUT2D eigenvalue weighted by Gasteiger charge is 2.16. The topological polar surface area (TPSA) is 123 Å². The normalized spacial score (nSPS) is 10.3. The van der Waals surface area contributed by atoms with Crippen molar-refractivity contribution in [2.24, 2.45) is 5.73 Å². The van der Waals surface area contributed by atoms with Crippen molar-refractivity contribution in [3.8, 4) is 11.5 Å². The number of aromatic nitrogens is 1. The Hall–Kier alpha value is -4.41. The van der Waals surface area contributed by atoms with E-state index in [2.05, 4.69) is 4.98 Å². The fourth-order valence-electron chi connectivity index (χ4n) is 2.55. The number of hydrogen-bond donors (Lipinski definition) is 3. The highest BCUT2D eigenvalue weighted by Crippen LogP contribution is 2.29. The summed E-state index contributed by atoms with van der Waals surface area (Å²) in [6.07, 6.45) is 0.976. The summed E-state index contributed by atoms with van der Waals surface area (Å²) in [6, 6.07) is 7.74. The number of hydrogen-bond acceptors (Lipinski definition) is 5. The lowest BCUT2D eigenvalue weighted by molar-refractivity contribution is -0.119. The zero-order valence-corrected chi connectivity index (χ0v) is 16.2. The van der Waals surface area contributed by atoms with Gasteiger partial charge in [-0.1, -0.05) is 12.1 Å². The Morgan fingerprint density at radius 2 is 1.69 bits per heavy atom. The van der Waals surface area contributed by atoms with Gasteiger partial charge in [0.25, 0.3) is 5.91 Å². The van der Waals surface area contributed by atoms with Gasteiger partial charge in [0, 0.05) is 24.4 Å². The first-order chi connectivity index (χ1) is 15.2. The summed E-state index contributed by atoms with van der Waals surface area (Å²) in [5.41, 5.74) is 4.87. The van der Waals surface area contributed by atoms with Crippen molar-refractivity contribution in [1.82, 2.24) is 10.3 Å². The molecule has 32 heavy (non-hydrogen) atoms. The molecule has 0 bridgehead atoms. The molecule has 0 aliphatic heterocycles. The van der Waals surface area contributed by atoms with Crippen LogP contribution >= 0.6 is 0 Å². The molecule has 0 atom stereocenters. The average molecular weight is 444 g/mol. The second-order valence-electron chi connectivity index (χ2n) is 6.41. The monoisotopic (exact) mass is 444 g/mol. The van der Waals surface area contributed by atoms with Crippen LogP contribution in [0.5, 0.6) is 11.5 Å². The molecule has 4 N–H and O–H groups in total. The minimum absolute atomic E-state index is 0.0167. The summed E-state index contributed by atoms with van der Waals surface area (Å²) in [7, 11) is 0. The summed E-state index contributed by atoms with van der Waals surface area (Å²) in [4.78, 5) is 38.7. The minimum Gasteiger partial charge on any atom is -0.454 e. The summed E-state index contributed by atoms with van der Waals surface area (Å²) in [5, 5.41) is 3.97. The first-order valence-electron chi connectivity index (χ1n) is 8.99. The molecule has 0 radical (unpaired) electrons. The van der Waals surface area contributed by atoms with E-state index in [4.69, 9.17) is 10.5 Å². The number of rotatable bonds is 6. The zero-order chi connectivity index (χ0) is 23.3. The van der Waals surface area contributed by atoms with E-state index >= 15 is 0 Å². The van der Waals surface area contributed by atoms with Crippen LogP contribution in [0, 0.1) is 17.5 Å². The fourth-order valence-corrected chi connectivity index (χ4v) is 2.55. The molecule has 0 spiro atoms. The number of amides is 4. The van der Waals surface area contributed by atoms with Gasteiger partial charge in [0.15, 0.2) is 17.4 Å². The Labute approximate surface area is 179 Å². The molecule has 4 amide bonds. The molecule has 0 fully saturated rings. The van der Waals surface area contributed by atoms with E-state index in [0.717, 1.165) is 18.2 Å². The summed E-state index contributed by atoms with van der Waals surface area (Å²) < 4.78 is 46.8. The van der Waals surface area contributed by atoms with Gasteiger partial charge in [-0.25, -0.2) is 18.0 Å². The van der Waals surface area contributed by atoms with Crippen LogP contribution in [0.3, 0.4) is 0 Å². The molecule has 3 rings (SSSR count).